The Bertz CT molecular complexity index is 1640. The summed E-state index contributed by atoms with van der Waals surface area (Å²) in [5.41, 5.74) is 0.954. The lowest BCUT2D eigenvalue weighted by Crippen LogP contribution is -2.60. The molecule has 0 aromatic heterocycles. The number of aliphatic hydroxyl groups excluding tert-OH is 1. The number of phenols is 2. The fourth-order valence-corrected chi connectivity index (χ4v) is 6.12. The van der Waals surface area contributed by atoms with E-state index in [0.717, 1.165) is 6.42 Å². The predicted octanol–water partition coefficient (Wildman–Crippen LogP) is -1.25. The summed E-state index contributed by atoms with van der Waals surface area (Å²) < 4.78 is 0. The van der Waals surface area contributed by atoms with Crippen LogP contribution in [-0.4, -0.2) is 128 Å². The monoisotopic (exact) mass is 788 g/mol. The molecule has 0 unspecified atom stereocenters. The lowest BCUT2D eigenvalue weighted by molar-refractivity contribution is -0.143. The van der Waals surface area contributed by atoms with E-state index in [-0.39, 0.29) is 37.2 Å². The van der Waals surface area contributed by atoms with Crippen LogP contribution in [0.25, 0.3) is 0 Å². The van der Waals surface area contributed by atoms with Crippen LogP contribution in [0, 0.1) is 0 Å². The van der Waals surface area contributed by atoms with Crippen molar-refractivity contribution in [3.63, 3.8) is 0 Å². The van der Waals surface area contributed by atoms with E-state index in [1.54, 1.807) is 6.26 Å². The van der Waals surface area contributed by atoms with Gasteiger partial charge in [0.15, 0.2) is 0 Å². The first kappa shape index (κ1) is 44.0. The lowest BCUT2D eigenvalue weighted by Gasteiger charge is -2.27. The van der Waals surface area contributed by atoms with Gasteiger partial charge in [-0.1, -0.05) is 24.3 Å². The highest BCUT2D eigenvalue weighted by Crippen LogP contribution is 2.15. The molecule has 0 radical (unpaired) electrons. The van der Waals surface area contributed by atoms with Gasteiger partial charge in [-0.05, 0) is 79.6 Å². The smallest absolute Gasteiger partial charge is 0.328 e. The third-order valence-electron chi connectivity index (χ3n) is 8.72. The van der Waals surface area contributed by atoms with Crippen molar-refractivity contribution in [2.75, 3.05) is 25.2 Å². The van der Waals surface area contributed by atoms with Crippen LogP contribution in [0.4, 0.5) is 0 Å². The van der Waals surface area contributed by atoms with Gasteiger partial charge in [-0.25, -0.2) is 4.79 Å². The molecule has 3 rings (SSSR count). The van der Waals surface area contributed by atoms with E-state index in [9.17, 15) is 59.1 Å². The number of aliphatic carboxylic acids is 2. The van der Waals surface area contributed by atoms with Gasteiger partial charge in [0.25, 0.3) is 0 Å². The van der Waals surface area contributed by atoms with Crippen molar-refractivity contribution >= 4 is 53.2 Å². The van der Waals surface area contributed by atoms with Crippen molar-refractivity contribution in [1.82, 2.24) is 31.9 Å². The van der Waals surface area contributed by atoms with E-state index in [2.05, 4.69) is 31.9 Å². The Kier molecular flexibility index (Phi) is 17.7. The first-order chi connectivity index (χ1) is 26.2. The number of hydrogen-bond acceptors (Lipinski definition) is 12. The van der Waals surface area contributed by atoms with Crippen LogP contribution >= 0.6 is 11.8 Å². The number of phenolic OH excluding ortho intramolecular Hbond substituents is 2. The van der Waals surface area contributed by atoms with Gasteiger partial charge in [0.2, 0.25) is 29.5 Å². The molecular weight excluding hydrogens is 740 g/mol. The van der Waals surface area contributed by atoms with Crippen molar-refractivity contribution in [3.8, 4) is 11.5 Å². The van der Waals surface area contributed by atoms with Crippen LogP contribution < -0.4 is 31.9 Å². The van der Waals surface area contributed by atoms with Gasteiger partial charge in [-0.15, -0.1) is 0 Å². The summed E-state index contributed by atoms with van der Waals surface area (Å²) in [7, 11) is 0. The van der Waals surface area contributed by atoms with E-state index in [1.165, 1.54) is 60.3 Å². The molecule has 300 valence electrons. The second-order valence-corrected chi connectivity index (χ2v) is 13.9. The second-order valence-electron chi connectivity index (χ2n) is 12.9. The average Bonchev–Trinajstić information content (AvgIpc) is 3.70. The number of carbonyl (C=O) groups is 7. The molecule has 1 heterocycles. The number of benzene rings is 2. The van der Waals surface area contributed by atoms with Gasteiger partial charge < -0.3 is 57.4 Å². The number of thioether (sulfide) groups is 1. The number of aromatic hydroxyl groups is 2. The molecule has 2 aromatic rings. The zero-order valence-electron chi connectivity index (χ0n) is 30.2. The molecule has 5 amide bonds. The van der Waals surface area contributed by atoms with Crippen LogP contribution in [0.3, 0.4) is 0 Å². The number of carbonyl (C=O) groups excluding carboxylic acids is 5. The van der Waals surface area contributed by atoms with Gasteiger partial charge in [0.1, 0.15) is 41.7 Å². The Labute approximate surface area is 321 Å². The summed E-state index contributed by atoms with van der Waals surface area (Å²) in [5, 5.41) is 63.2. The standard InChI is InChI=1S/C36H48N6O12S/c1-55-16-14-26(33(50)42-29(19-43)36(53)54)39-34(51)27(17-20-4-8-22(44)9-5-20)41-35(52)28(18-21-6-10-23(45)11-7-21)40-32(49)25(12-13-30(46)47)38-31(48)24-3-2-15-37-24/h4-11,24-29,37,43-45H,2-3,12-19H2,1H3,(H,38,48)(H,39,51)(H,40,49)(H,41,52)(H,42,50)(H,46,47)(H,53,54)/t24-,25-,26-,27-,28-,29-/m0/s1. The molecular formula is C36H48N6O12S. The molecule has 2 aromatic carbocycles. The van der Waals surface area contributed by atoms with Crippen molar-refractivity contribution in [3.05, 3.63) is 59.7 Å². The van der Waals surface area contributed by atoms with Crippen molar-refractivity contribution in [2.45, 2.75) is 81.2 Å². The number of rotatable bonds is 22. The van der Waals surface area contributed by atoms with Gasteiger partial charge in [-0.3, -0.25) is 28.8 Å². The number of hydrogen-bond donors (Lipinski definition) is 11. The Morgan fingerprint density at radius 1 is 0.691 bits per heavy atom. The van der Waals surface area contributed by atoms with Crippen LogP contribution in [0.5, 0.6) is 11.5 Å². The number of carboxylic acid groups (broad SMARTS) is 2. The second kappa shape index (κ2) is 22.1. The minimum atomic E-state index is -1.64. The summed E-state index contributed by atoms with van der Waals surface area (Å²) in [4.78, 5) is 90.7. The molecule has 1 aliphatic heterocycles. The number of carboxylic acids is 2. The number of aliphatic hydroxyl groups is 1. The van der Waals surface area contributed by atoms with Crippen LogP contribution in [0.15, 0.2) is 48.5 Å². The summed E-state index contributed by atoms with van der Waals surface area (Å²) >= 11 is 1.35. The van der Waals surface area contributed by atoms with E-state index in [4.69, 9.17) is 0 Å². The summed E-state index contributed by atoms with van der Waals surface area (Å²) in [6, 6.07) is 3.78. The van der Waals surface area contributed by atoms with Crippen LogP contribution in [-0.2, 0) is 46.4 Å². The molecule has 6 atom stereocenters. The maximum atomic E-state index is 14.1. The third-order valence-corrected chi connectivity index (χ3v) is 9.36. The Hall–Kier alpha value is -5.40. The van der Waals surface area contributed by atoms with Gasteiger partial charge in [0, 0.05) is 19.3 Å². The molecule has 0 spiro atoms. The van der Waals surface area contributed by atoms with E-state index in [1.807, 2.05) is 0 Å². The molecule has 0 aliphatic carbocycles. The Balaban J connectivity index is 1.93. The first-order valence-electron chi connectivity index (χ1n) is 17.6. The highest BCUT2D eigenvalue weighted by atomic mass is 32.2. The highest BCUT2D eigenvalue weighted by Gasteiger charge is 2.34. The van der Waals surface area contributed by atoms with Crippen molar-refractivity contribution < 1.29 is 59.1 Å². The molecule has 0 bridgehead atoms. The molecule has 11 N–H and O–H groups in total. The molecule has 1 fully saturated rings. The van der Waals surface area contributed by atoms with Gasteiger partial charge >= 0.3 is 11.9 Å². The molecule has 1 aliphatic rings. The minimum absolute atomic E-state index is 0.0513. The number of nitrogens with one attached hydrogen (secondary N) is 6. The molecule has 1 saturated heterocycles. The topological polar surface area (TPSA) is 293 Å². The fraction of sp³-hybridized carbons (Fsp3) is 0.472. The zero-order chi connectivity index (χ0) is 40.5. The Morgan fingerprint density at radius 2 is 1.15 bits per heavy atom. The fourth-order valence-electron chi connectivity index (χ4n) is 5.65. The van der Waals surface area contributed by atoms with Crippen LogP contribution in [0.2, 0.25) is 0 Å². The quantitative estimate of drug-likeness (QED) is 0.0666. The maximum Gasteiger partial charge on any atom is 0.328 e. The number of amides is 5. The maximum absolute atomic E-state index is 14.1. The largest absolute Gasteiger partial charge is 0.508 e. The molecule has 0 saturated carbocycles. The molecule has 18 nitrogen and oxygen atoms in total. The zero-order valence-corrected chi connectivity index (χ0v) is 31.0. The van der Waals surface area contributed by atoms with Gasteiger partial charge in [-0.2, -0.15) is 11.8 Å². The van der Waals surface area contributed by atoms with Crippen LogP contribution in [0.1, 0.15) is 43.2 Å². The normalized spacial score (nSPS) is 16.4. The molecule has 19 heteroatoms. The van der Waals surface area contributed by atoms with E-state index < -0.39 is 90.8 Å². The highest BCUT2D eigenvalue weighted by molar-refractivity contribution is 7.98. The summed E-state index contributed by atoms with van der Waals surface area (Å²) in [6.45, 7) is -0.317. The average molecular weight is 789 g/mol. The summed E-state index contributed by atoms with van der Waals surface area (Å²) in [5.74, 6) is -6.48. The minimum Gasteiger partial charge on any atom is -0.508 e. The van der Waals surface area contributed by atoms with Gasteiger partial charge in [0.05, 0.1) is 12.6 Å². The van der Waals surface area contributed by atoms with E-state index in [0.29, 0.717) is 29.8 Å². The third kappa shape index (κ3) is 14.7. The lowest BCUT2D eigenvalue weighted by atomic mass is 10.0. The summed E-state index contributed by atoms with van der Waals surface area (Å²) in [6.07, 6.45) is 1.93. The predicted molar refractivity (Wildman–Crippen MR) is 199 cm³/mol. The first-order valence-corrected chi connectivity index (χ1v) is 19.0. The Morgan fingerprint density at radius 3 is 1.56 bits per heavy atom. The van der Waals surface area contributed by atoms with E-state index >= 15 is 0 Å². The molecule has 55 heavy (non-hydrogen) atoms. The SMILES string of the molecule is CSCC[C@H](NC(=O)[C@H](Cc1ccc(O)cc1)NC(=O)[C@H](Cc1ccc(O)cc1)NC(=O)[C@H](CCC(=O)O)NC(=O)[C@@H]1CCCN1)C(=O)N[C@@H](CO)C(=O)O. The van der Waals surface area contributed by atoms with Crippen molar-refractivity contribution in [2.24, 2.45) is 0 Å². The van der Waals surface area contributed by atoms with Crippen molar-refractivity contribution in [1.29, 1.82) is 0 Å².